The Morgan fingerprint density at radius 3 is 2.62 bits per heavy atom. The summed E-state index contributed by atoms with van der Waals surface area (Å²) in [6.45, 7) is 4.19. The average Bonchev–Trinajstić information content (AvgIpc) is 2.26. The predicted octanol–water partition coefficient (Wildman–Crippen LogP) is 1.69. The molecule has 0 radical (unpaired) electrons. The topological polar surface area (TPSA) is 55.4 Å². The van der Waals surface area contributed by atoms with E-state index in [2.05, 4.69) is 4.72 Å². The molecule has 1 N–H and O–H groups in total. The molecule has 0 aromatic heterocycles. The molecule has 90 valence electrons. The number of rotatable bonds is 5. The van der Waals surface area contributed by atoms with Crippen LogP contribution in [0.25, 0.3) is 0 Å². The third-order valence-electron chi connectivity index (χ3n) is 2.15. The second-order valence-electron chi connectivity index (χ2n) is 3.55. The van der Waals surface area contributed by atoms with Crippen LogP contribution in [0.2, 0.25) is 0 Å². The predicted molar refractivity (Wildman–Crippen MR) is 63.2 cm³/mol. The van der Waals surface area contributed by atoms with Gasteiger partial charge < -0.3 is 4.74 Å². The minimum absolute atomic E-state index is 0.198. The Hall–Kier alpha value is -1.07. The van der Waals surface area contributed by atoms with Crippen molar-refractivity contribution in [3.05, 3.63) is 23.8 Å². The first-order chi connectivity index (χ1) is 7.51. The van der Waals surface area contributed by atoms with Crippen LogP contribution >= 0.6 is 0 Å². The zero-order valence-corrected chi connectivity index (χ0v) is 10.6. The fourth-order valence-electron chi connectivity index (χ4n) is 1.31. The number of sulfonamides is 1. The number of ether oxygens (including phenoxy) is 1. The Balaban J connectivity index is 3.15. The van der Waals surface area contributed by atoms with E-state index in [1.807, 2.05) is 19.9 Å². The number of nitrogens with one attached hydrogen (secondary N) is 1. The lowest BCUT2D eigenvalue weighted by Crippen LogP contribution is -2.24. The van der Waals surface area contributed by atoms with E-state index in [0.29, 0.717) is 12.3 Å². The van der Waals surface area contributed by atoms with Crippen LogP contribution < -0.4 is 9.46 Å². The van der Waals surface area contributed by atoms with E-state index in [0.717, 1.165) is 12.0 Å². The van der Waals surface area contributed by atoms with Crippen LogP contribution in [0.1, 0.15) is 18.9 Å². The molecule has 0 atom stereocenters. The van der Waals surface area contributed by atoms with Crippen molar-refractivity contribution in [1.29, 1.82) is 0 Å². The highest BCUT2D eigenvalue weighted by Crippen LogP contribution is 2.24. The Bertz CT molecular complexity index is 454. The minimum atomic E-state index is -3.46. The van der Waals surface area contributed by atoms with E-state index in [4.69, 9.17) is 4.74 Å². The van der Waals surface area contributed by atoms with Crippen molar-refractivity contribution in [2.45, 2.75) is 25.2 Å². The monoisotopic (exact) mass is 243 g/mol. The van der Waals surface area contributed by atoms with Gasteiger partial charge in [0.1, 0.15) is 10.6 Å². The normalized spacial score (nSPS) is 11.4. The fraction of sp³-hybridized carbons (Fsp3) is 0.455. The van der Waals surface area contributed by atoms with E-state index < -0.39 is 10.0 Å². The molecule has 1 aromatic carbocycles. The molecule has 4 nitrogen and oxygen atoms in total. The van der Waals surface area contributed by atoms with Crippen molar-refractivity contribution < 1.29 is 13.2 Å². The Morgan fingerprint density at radius 1 is 1.38 bits per heavy atom. The number of hydrogen-bond acceptors (Lipinski definition) is 3. The summed E-state index contributed by atoms with van der Waals surface area (Å²) in [5, 5.41) is 0. The Labute approximate surface area is 96.7 Å². The molecule has 0 bridgehead atoms. The lowest BCUT2D eigenvalue weighted by atomic mass is 10.2. The van der Waals surface area contributed by atoms with E-state index in [1.165, 1.54) is 7.11 Å². The molecule has 0 amide bonds. The van der Waals surface area contributed by atoms with Crippen LogP contribution in [0, 0.1) is 6.92 Å². The largest absolute Gasteiger partial charge is 0.495 e. The lowest BCUT2D eigenvalue weighted by molar-refractivity contribution is 0.402. The summed E-state index contributed by atoms with van der Waals surface area (Å²) in [5.41, 5.74) is 0.887. The zero-order valence-electron chi connectivity index (χ0n) is 9.78. The summed E-state index contributed by atoms with van der Waals surface area (Å²) in [7, 11) is -2.00. The van der Waals surface area contributed by atoms with E-state index >= 15 is 0 Å². The van der Waals surface area contributed by atoms with Gasteiger partial charge in [-0.25, -0.2) is 13.1 Å². The van der Waals surface area contributed by atoms with Crippen molar-refractivity contribution in [1.82, 2.24) is 4.72 Å². The van der Waals surface area contributed by atoms with Gasteiger partial charge in [-0.2, -0.15) is 0 Å². The minimum Gasteiger partial charge on any atom is -0.495 e. The van der Waals surface area contributed by atoms with Crippen molar-refractivity contribution in [2.75, 3.05) is 13.7 Å². The van der Waals surface area contributed by atoms with Gasteiger partial charge in [0.05, 0.1) is 7.11 Å². The molecule has 0 saturated heterocycles. The molecule has 16 heavy (non-hydrogen) atoms. The van der Waals surface area contributed by atoms with Gasteiger partial charge in [-0.15, -0.1) is 0 Å². The highest BCUT2D eigenvalue weighted by atomic mass is 32.2. The molecule has 0 unspecified atom stereocenters. The quantitative estimate of drug-likeness (QED) is 0.856. The first-order valence-corrected chi connectivity index (χ1v) is 6.64. The molecule has 0 saturated carbocycles. The van der Waals surface area contributed by atoms with Crippen molar-refractivity contribution in [2.24, 2.45) is 0 Å². The molecule has 0 spiro atoms. The summed E-state index contributed by atoms with van der Waals surface area (Å²) in [6, 6.07) is 5.09. The first kappa shape index (κ1) is 13.0. The number of benzene rings is 1. The molecule has 0 aliphatic heterocycles. The maximum Gasteiger partial charge on any atom is 0.244 e. The molecule has 0 aliphatic carbocycles. The van der Waals surface area contributed by atoms with Gasteiger partial charge in [-0.05, 0) is 31.0 Å². The molecule has 0 aliphatic rings. The smallest absolute Gasteiger partial charge is 0.244 e. The van der Waals surface area contributed by atoms with Crippen molar-refractivity contribution in [3.63, 3.8) is 0 Å². The zero-order chi connectivity index (χ0) is 12.2. The summed E-state index contributed by atoms with van der Waals surface area (Å²) < 4.78 is 31.4. The molecular weight excluding hydrogens is 226 g/mol. The van der Waals surface area contributed by atoms with Crippen LogP contribution in [0.4, 0.5) is 0 Å². The standard InChI is InChI=1S/C11H17NO3S/c1-4-7-12-16(13,14)11-8-9(2)5-6-10(11)15-3/h5-6,8,12H,4,7H2,1-3H3. The molecule has 5 heteroatoms. The van der Waals surface area contributed by atoms with Crippen LogP contribution in [0.5, 0.6) is 5.75 Å². The first-order valence-electron chi connectivity index (χ1n) is 5.15. The van der Waals surface area contributed by atoms with Crippen molar-refractivity contribution in [3.8, 4) is 5.75 Å². The van der Waals surface area contributed by atoms with Gasteiger partial charge in [-0.1, -0.05) is 13.0 Å². The third kappa shape index (κ3) is 2.96. The van der Waals surface area contributed by atoms with Gasteiger partial charge >= 0.3 is 0 Å². The number of methoxy groups -OCH3 is 1. The maximum absolute atomic E-state index is 11.9. The summed E-state index contributed by atoms with van der Waals surface area (Å²) in [4.78, 5) is 0.198. The molecule has 0 heterocycles. The molecular formula is C11H17NO3S. The number of hydrogen-bond donors (Lipinski definition) is 1. The third-order valence-corrected chi connectivity index (χ3v) is 3.63. The highest BCUT2D eigenvalue weighted by Gasteiger charge is 2.18. The van der Waals surface area contributed by atoms with Crippen LogP contribution in [-0.4, -0.2) is 22.1 Å². The summed E-state index contributed by atoms with van der Waals surface area (Å²) >= 11 is 0. The maximum atomic E-state index is 11.9. The second kappa shape index (κ2) is 5.32. The van der Waals surface area contributed by atoms with Gasteiger partial charge in [0.2, 0.25) is 10.0 Å². The molecule has 1 rings (SSSR count). The van der Waals surface area contributed by atoms with E-state index in [1.54, 1.807) is 12.1 Å². The average molecular weight is 243 g/mol. The second-order valence-corrected chi connectivity index (χ2v) is 5.29. The summed E-state index contributed by atoms with van der Waals surface area (Å²) in [6.07, 6.45) is 0.757. The van der Waals surface area contributed by atoms with Gasteiger partial charge in [-0.3, -0.25) is 0 Å². The van der Waals surface area contributed by atoms with Crippen LogP contribution in [0.15, 0.2) is 23.1 Å². The molecule has 1 aromatic rings. The Kier molecular flexibility index (Phi) is 4.32. The lowest BCUT2D eigenvalue weighted by Gasteiger charge is -2.10. The molecule has 0 fully saturated rings. The highest BCUT2D eigenvalue weighted by molar-refractivity contribution is 7.89. The van der Waals surface area contributed by atoms with Gasteiger partial charge in [0, 0.05) is 6.54 Å². The van der Waals surface area contributed by atoms with E-state index in [-0.39, 0.29) is 4.90 Å². The summed E-state index contributed by atoms with van der Waals surface area (Å²) in [5.74, 6) is 0.370. The SMILES string of the molecule is CCCNS(=O)(=O)c1cc(C)ccc1OC. The van der Waals surface area contributed by atoms with Crippen LogP contribution in [-0.2, 0) is 10.0 Å². The number of aryl methyl sites for hydroxylation is 1. The van der Waals surface area contributed by atoms with Gasteiger partial charge in [0.15, 0.2) is 0 Å². The van der Waals surface area contributed by atoms with Crippen molar-refractivity contribution >= 4 is 10.0 Å². The fourth-order valence-corrected chi connectivity index (χ4v) is 2.69. The van der Waals surface area contributed by atoms with E-state index in [9.17, 15) is 8.42 Å². The Morgan fingerprint density at radius 2 is 2.06 bits per heavy atom. The van der Waals surface area contributed by atoms with Crippen LogP contribution in [0.3, 0.4) is 0 Å². The van der Waals surface area contributed by atoms with Gasteiger partial charge in [0.25, 0.3) is 0 Å².